The Hall–Kier alpha value is -2.25. The van der Waals surface area contributed by atoms with Gasteiger partial charge in [0.05, 0.1) is 6.04 Å². The van der Waals surface area contributed by atoms with E-state index in [2.05, 4.69) is 10.6 Å². The Balaban J connectivity index is 2.01. The number of likely N-dealkylation sites (N-methyl/N-ethyl adjacent to an activating group) is 1. The van der Waals surface area contributed by atoms with E-state index in [1.165, 1.54) is 24.3 Å². The average molecular weight is 392 g/mol. The van der Waals surface area contributed by atoms with Gasteiger partial charge in [-0.2, -0.15) is 0 Å². The predicted molar refractivity (Wildman–Crippen MR) is 106 cm³/mol. The third kappa shape index (κ3) is 5.87. The summed E-state index contributed by atoms with van der Waals surface area (Å²) in [6, 6.07) is 8.67. The summed E-state index contributed by atoms with van der Waals surface area (Å²) in [5.41, 5.74) is 0.319. The van der Waals surface area contributed by atoms with Crippen molar-refractivity contribution >= 4 is 23.2 Å². The topological polar surface area (TPSA) is 61.4 Å². The van der Waals surface area contributed by atoms with Gasteiger partial charge in [-0.05, 0) is 55.7 Å². The highest BCUT2D eigenvalue weighted by Crippen LogP contribution is 2.22. The monoisotopic (exact) mass is 391 g/mol. The van der Waals surface area contributed by atoms with Gasteiger partial charge < -0.3 is 15.5 Å². The maximum absolute atomic E-state index is 13.0. The number of carbonyl (C=O) groups excluding carboxylic acids is 2. The molecule has 27 heavy (non-hydrogen) atoms. The van der Waals surface area contributed by atoms with Crippen LogP contribution in [0.4, 0.5) is 4.39 Å². The summed E-state index contributed by atoms with van der Waals surface area (Å²) in [5.74, 6) is -1.13. The minimum absolute atomic E-state index is 0.0644. The van der Waals surface area contributed by atoms with Crippen LogP contribution >= 0.6 is 11.3 Å². The number of rotatable bonds is 8. The molecule has 1 aromatic carbocycles. The first kappa shape index (κ1) is 21.1. The Morgan fingerprint density at radius 2 is 1.81 bits per heavy atom. The van der Waals surface area contributed by atoms with E-state index in [0.717, 1.165) is 4.88 Å². The van der Waals surface area contributed by atoms with E-state index in [-0.39, 0.29) is 17.9 Å². The fourth-order valence-electron chi connectivity index (χ4n) is 2.69. The van der Waals surface area contributed by atoms with Crippen LogP contribution in [-0.4, -0.2) is 43.4 Å². The number of halogens is 1. The number of amides is 2. The molecule has 2 aromatic rings. The van der Waals surface area contributed by atoms with Crippen LogP contribution in [-0.2, 0) is 4.79 Å². The molecule has 0 bridgehead atoms. The number of hydrogen-bond acceptors (Lipinski definition) is 4. The first-order valence-electron chi connectivity index (χ1n) is 8.83. The lowest BCUT2D eigenvalue weighted by Gasteiger charge is -2.26. The van der Waals surface area contributed by atoms with Crippen molar-refractivity contribution in [3.8, 4) is 0 Å². The van der Waals surface area contributed by atoms with Gasteiger partial charge in [0.1, 0.15) is 11.9 Å². The lowest BCUT2D eigenvalue weighted by atomic mass is 10.0. The molecule has 0 saturated heterocycles. The first-order chi connectivity index (χ1) is 12.8. The summed E-state index contributed by atoms with van der Waals surface area (Å²) in [6.45, 7) is 4.19. The van der Waals surface area contributed by atoms with E-state index in [4.69, 9.17) is 0 Å². The van der Waals surface area contributed by atoms with Gasteiger partial charge >= 0.3 is 0 Å². The molecule has 0 aliphatic carbocycles. The van der Waals surface area contributed by atoms with Crippen molar-refractivity contribution in [1.29, 1.82) is 0 Å². The molecule has 0 aliphatic rings. The Morgan fingerprint density at radius 3 is 2.33 bits per heavy atom. The van der Waals surface area contributed by atoms with Crippen LogP contribution in [0.15, 0.2) is 41.8 Å². The number of thiophene rings is 1. The highest BCUT2D eigenvalue weighted by atomic mass is 32.1. The second-order valence-corrected chi connectivity index (χ2v) is 7.92. The third-order valence-electron chi connectivity index (χ3n) is 4.31. The molecule has 0 saturated carbocycles. The van der Waals surface area contributed by atoms with Crippen LogP contribution in [0.1, 0.15) is 35.1 Å². The van der Waals surface area contributed by atoms with Gasteiger partial charge in [0.2, 0.25) is 5.91 Å². The molecule has 2 amide bonds. The Morgan fingerprint density at radius 1 is 1.15 bits per heavy atom. The van der Waals surface area contributed by atoms with Gasteiger partial charge in [-0.25, -0.2) is 4.39 Å². The molecule has 0 aliphatic heterocycles. The zero-order chi connectivity index (χ0) is 20.0. The Labute approximate surface area is 163 Å². The van der Waals surface area contributed by atoms with Gasteiger partial charge in [0.25, 0.3) is 5.91 Å². The minimum atomic E-state index is -0.672. The molecule has 7 heteroatoms. The fourth-order valence-corrected chi connectivity index (χ4v) is 3.61. The van der Waals surface area contributed by atoms with Crippen LogP contribution in [0.5, 0.6) is 0 Å². The van der Waals surface area contributed by atoms with E-state index in [0.29, 0.717) is 12.1 Å². The largest absolute Gasteiger partial charge is 0.352 e. The number of nitrogens with zero attached hydrogens (tertiary/aromatic N) is 1. The van der Waals surface area contributed by atoms with Crippen molar-refractivity contribution in [2.75, 3.05) is 20.6 Å². The van der Waals surface area contributed by atoms with Crippen molar-refractivity contribution in [1.82, 2.24) is 15.5 Å². The van der Waals surface area contributed by atoms with Crippen molar-refractivity contribution in [2.24, 2.45) is 5.92 Å². The molecule has 0 unspecified atom stereocenters. The van der Waals surface area contributed by atoms with Crippen LogP contribution in [0, 0.1) is 11.7 Å². The van der Waals surface area contributed by atoms with Crippen LogP contribution in [0.3, 0.4) is 0 Å². The van der Waals surface area contributed by atoms with E-state index in [1.54, 1.807) is 11.3 Å². The number of nitrogens with one attached hydrogen (secondary N) is 2. The highest BCUT2D eigenvalue weighted by molar-refractivity contribution is 7.10. The standard InChI is InChI=1S/C20H26FN3O2S/c1-13(2)18(23-19(25)14-7-9-15(21)10-8-14)20(26)22-12-16(24(3)4)17-6-5-11-27-17/h5-11,13,16,18H,12H2,1-4H3,(H,22,26)(H,23,25)/t16-,18+/m0/s1. The molecule has 0 fully saturated rings. The summed E-state index contributed by atoms with van der Waals surface area (Å²) in [7, 11) is 3.93. The maximum Gasteiger partial charge on any atom is 0.251 e. The second-order valence-electron chi connectivity index (χ2n) is 6.94. The number of hydrogen-bond donors (Lipinski definition) is 2. The summed E-state index contributed by atoms with van der Waals surface area (Å²) in [5, 5.41) is 7.71. The highest BCUT2D eigenvalue weighted by Gasteiger charge is 2.26. The minimum Gasteiger partial charge on any atom is -0.352 e. The molecule has 0 radical (unpaired) electrons. The smallest absolute Gasteiger partial charge is 0.251 e. The molecule has 2 rings (SSSR count). The SMILES string of the molecule is CC(C)[C@@H](NC(=O)c1ccc(F)cc1)C(=O)NC[C@@H](c1cccs1)N(C)C. The third-order valence-corrected chi connectivity index (χ3v) is 5.28. The maximum atomic E-state index is 13.0. The normalized spacial score (nSPS) is 13.4. The first-order valence-corrected chi connectivity index (χ1v) is 9.71. The average Bonchev–Trinajstić information content (AvgIpc) is 3.13. The van der Waals surface area contributed by atoms with Crippen LogP contribution in [0.25, 0.3) is 0 Å². The van der Waals surface area contributed by atoms with Crippen molar-refractivity contribution in [3.63, 3.8) is 0 Å². The van der Waals surface area contributed by atoms with E-state index < -0.39 is 17.8 Å². The number of carbonyl (C=O) groups is 2. The molecule has 5 nitrogen and oxygen atoms in total. The molecular formula is C20H26FN3O2S. The summed E-state index contributed by atoms with van der Waals surface area (Å²) in [4.78, 5) is 28.3. The number of benzene rings is 1. The fraction of sp³-hybridized carbons (Fsp3) is 0.400. The molecule has 1 aromatic heterocycles. The van der Waals surface area contributed by atoms with Crippen molar-refractivity contribution in [3.05, 3.63) is 58.0 Å². The van der Waals surface area contributed by atoms with Gasteiger partial charge in [0.15, 0.2) is 0 Å². The lowest BCUT2D eigenvalue weighted by molar-refractivity contribution is -0.124. The van der Waals surface area contributed by atoms with Crippen molar-refractivity contribution in [2.45, 2.75) is 25.9 Å². The second kappa shape index (κ2) is 9.62. The predicted octanol–water partition coefficient (Wildman–Crippen LogP) is 3.06. The molecular weight excluding hydrogens is 365 g/mol. The van der Waals surface area contributed by atoms with Gasteiger partial charge in [0, 0.05) is 17.0 Å². The Bertz CT molecular complexity index is 745. The lowest BCUT2D eigenvalue weighted by Crippen LogP contribution is -2.50. The van der Waals surface area contributed by atoms with Crippen LogP contribution in [0.2, 0.25) is 0 Å². The molecule has 146 valence electrons. The van der Waals surface area contributed by atoms with Crippen molar-refractivity contribution < 1.29 is 14.0 Å². The zero-order valence-electron chi connectivity index (χ0n) is 16.0. The van der Waals surface area contributed by atoms with E-state index in [9.17, 15) is 14.0 Å². The van der Waals surface area contributed by atoms with Gasteiger partial charge in [-0.15, -0.1) is 11.3 Å². The van der Waals surface area contributed by atoms with E-state index >= 15 is 0 Å². The molecule has 0 spiro atoms. The quantitative estimate of drug-likeness (QED) is 0.727. The summed E-state index contributed by atoms with van der Waals surface area (Å²) < 4.78 is 13.0. The van der Waals surface area contributed by atoms with E-state index in [1.807, 2.05) is 50.4 Å². The summed E-state index contributed by atoms with van der Waals surface area (Å²) >= 11 is 1.64. The summed E-state index contributed by atoms with van der Waals surface area (Å²) in [6.07, 6.45) is 0. The molecule has 1 heterocycles. The Kier molecular flexibility index (Phi) is 7.50. The molecule has 2 N–H and O–H groups in total. The van der Waals surface area contributed by atoms with Gasteiger partial charge in [-0.3, -0.25) is 9.59 Å². The molecule has 2 atom stereocenters. The van der Waals surface area contributed by atoms with Gasteiger partial charge in [-0.1, -0.05) is 19.9 Å². The van der Waals surface area contributed by atoms with Crippen LogP contribution < -0.4 is 10.6 Å². The zero-order valence-corrected chi connectivity index (χ0v) is 16.8.